The van der Waals surface area contributed by atoms with Crippen LogP contribution in [0.2, 0.25) is 5.02 Å². The predicted octanol–water partition coefficient (Wildman–Crippen LogP) is 3.91. The summed E-state index contributed by atoms with van der Waals surface area (Å²) in [4.78, 5) is 33.1. The molecule has 12 heteroatoms. The first-order valence-corrected chi connectivity index (χ1v) is 14.6. The molecule has 11 nitrogen and oxygen atoms in total. The minimum Gasteiger partial charge on any atom is -0.488 e. The summed E-state index contributed by atoms with van der Waals surface area (Å²) < 4.78 is 12.1. The Hall–Kier alpha value is -4.40. The zero-order valence-corrected chi connectivity index (χ0v) is 24.5. The van der Waals surface area contributed by atoms with Gasteiger partial charge in [0, 0.05) is 42.3 Å². The number of nitriles is 1. The normalized spacial score (nSPS) is 18.3. The van der Waals surface area contributed by atoms with Crippen LogP contribution in [-0.2, 0) is 4.79 Å². The van der Waals surface area contributed by atoms with Crippen LogP contribution in [0.25, 0.3) is 11.3 Å². The molecule has 3 N–H and O–H groups in total. The number of nitrogens with zero attached hydrogens (tertiary/aromatic N) is 4. The summed E-state index contributed by atoms with van der Waals surface area (Å²) in [5.41, 5.74) is 3.27. The fraction of sp³-hybridized carbons (Fsp3) is 0.387. The number of ether oxygens (including phenoxy) is 2. The molecule has 224 valence electrons. The maximum atomic E-state index is 13.4. The molecule has 43 heavy (non-hydrogen) atoms. The quantitative estimate of drug-likeness (QED) is 0.323. The summed E-state index contributed by atoms with van der Waals surface area (Å²) in [6.45, 7) is 5.48. The Bertz CT molecular complexity index is 1510. The van der Waals surface area contributed by atoms with Crippen LogP contribution in [0.4, 0.5) is 5.69 Å². The van der Waals surface area contributed by atoms with Gasteiger partial charge in [0.1, 0.15) is 12.2 Å². The first-order valence-electron chi connectivity index (χ1n) is 14.2. The lowest BCUT2D eigenvalue weighted by molar-refractivity contribution is -0.122. The lowest BCUT2D eigenvalue weighted by Crippen LogP contribution is -2.65. The standard InChI is InChI=1S/C30H31ClN6O3.CH2O2/c1-2-39-29-23(4-3-10-34-29)24-6-8-26(27(36-24)28(38)35-21-9-11-33-16-21)40-22-13-30(14-22)17-37(18-30)25-7-5-20(31)12-19(25)15-32;2-1-3/h3-8,10,12,21-22,33H,2,9,11,13-14,16-18H2,1H3,(H,35,38);1H,(H,2,3)/t21-;/m1./s1. The lowest BCUT2D eigenvalue weighted by atomic mass is 9.61. The molecule has 2 aliphatic heterocycles. The highest BCUT2D eigenvalue weighted by atomic mass is 35.5. The fourth-order valence-corrected chi connectivity index (χ4v) is 6.13. The molecule has 4 heterocycles. The van der Waals surface area contributed by atoms with E-state index in [-0.39, 0.29) is 35.6 Å². The molecular formula is C31H33ClN6O5. The number of hydrogen-bond acceptors (Lipinski definition) is 9. The van der Waals surface area contributed by atoms with Crippen LogP contribution in [0.5, 0.6) is 11.6 Å². The van der Waals surface area contributed by atoms with Crippen LogP contribution in [0.15, 0.2) is 48.7 Å². The molecule has 1 saturated carbocycles. The number of halogens is 1. The van der Waals surface area contributed by atoms with E-state index in [0.717, 1.165) is 56.7 Å². The second kappa shape index (κ2) is 13.3. The van der Waals surface area contributed by atoms with Crippen molar-refractivity contribution in [3.63, 3.8) is 0 Å². The van der Waals surface area contributed by atoms with Crippen LogP contribution in [0.1, 0.15) is 42.2 Å². The largest absolute Gasteiger partial charge is 0.488 e. The van der Waals surface area contributed by atoms with E-state index in [4.69, 9.17) is 36.0 Å². The summed E-state index contributed by atoms with van der Waals surface area (Å²) in [6, 6.07) is 15.2. The zero-order valence-electron chi connectivity index (χ0n) is 23.8. The highest BCUT2D eigenvalue weighted by Crippen LogP contribution is 2.51. The van der Waals surface area contributed by atoms with E-state index in [0.29, 0.717) is 34.5 Å². The molecule has 1 amide bonds. The molecule has 3 aromatic rings. The van der Waals surface area contributed by atoms with Gasteiger partial charge in [-0.2, -0.15) is 5.26 Å². The number of anilines is 1. The molecule has 1 atom stereocenters. The van der Waals surface area contributed by atoms with Crippen molar-refractivity contribution < 1.29 is 24.2 Å². The molecule has 2 aromatic heterocycles. The van der Waals surface area contributed by atoms with Gasteiger partial charge in [-0.1, -0.05) is 11.6 Å². The number of carboxylic acid groups (broad SMARTS) is 1. The predicted molar refractivity (Wildman–Crippen MR) is 161 cm³/mol. The average Bonchev–Trinajstić information content (AvgIpc) is 3.48. The monoisotopic (exact) mass is 604 g/mol. The van der Waals surface area contributed by atoms with Crippen molar-refractivity contribution in [1.82, 2.24) is 20.6 Å². The molecule has 0 unspecified atom stereocenters. The van der Waals surface area contributed by atoms with Gasteiger partial charge in [0.2, 0.25) is 5.88 Å². The average molecular weight is 605 g/mol. The van der Waals surface area contributed by atoms with Crippen LogP contribution in [0.3, 0.4) is 0 Å². The summed E-state index contributed by atoms with van der Waals surface area (Å²) in [6.07, 6.45) is 4.31. The van der Waals surface area contributed by atoms with Gasteiger partial charge in [0.25, 0.3) is 12.4 Å². The molecule has 0 radical (unpaired) electrons. The number of benzene rings is 1. The van der Waals surface area contributed by atoms with Gasteiger partial charge >= 0.3 is 0 Å². The number of carbonyl (C=O) groups is 2. The third-order valence-corrected chi connectivity index (χ3v) is 8.12. The topological polar surface area (TPSA) is 150 Å². The van der Waals surface area contributed by atoms with Crippen LogP contribution in [0, 0.1) is 16.7 Å². The van der Waals surface area contributed by atoms with Crippen LogP contribution in [-0.4, -0.2) is 72.4 Å². The van der Waals surface area contributed by atoms with E-state index in [1.807, 2.05) is 43.3 Å². The Morgan fingerprint density at radius 2 is 2.09 bits per heavy atom. The number of nitrogens with one attached hydrogen (secondary N) is 2. The third-order valence-electron chi connectivity index (χ3n) is 7.88. The second-order valence-electron chi connectivity index (χ2n) is 10.9. The van der Waals surface area contributed by atoms with Crippen molar-refractivity contribution in [3.8, 4) is 29.0 Å². The van der Waals surface area contributed by atoms with Crippen molar-refractivity contribution in [2.24, 2.45) is 5.41 Å². The van der Waals surface area contributed by atoms with Crippen molar-refractivity contribution in [1.29, 1.82) is 5.26 Å². The van der Waals surface area contributed by atoms with E-state index in [1.54, 1.807) is 12.3 Å². The fourth-order valence-electron chi connectivity index (χ4n) is 5.96. The highest BCUT2D eigenvalue weighted by Gasteiger charge is 2.54. The first kappa shape index (κ1) is 30.1. The Morgan fingerprint density at radius 1 is 1.30 bits per heavy atom. The first-order chi connectivity index (χ1) is 20.9. The smallest absolute Gasteiger partial charge is 0.290 e. The molecule has 3 fully saturated rings. The number of rotatable bonds is 8. The van der Waals surface area contributed by atoms with E-state index in [9.17, 15) is 10.1 Å². The Balaban J connectivity index is 0.00000118. The lowest BCUT2D eigenvalue weighted by Gasteiger charge is -2.59. The molecule has 6 rings (SSSR count). The minimum atomic E-state index is -0.250. The summed E-state index contributed by atoms with van der Waals surface area (Å²) >= 11 is 6.07. The molecule has 2 saturated heterocycles. The summed E-state index contributed by atoms with van der Waals surface area (Å²) in [5.74, 6) is 0.714. The number of hydrogen-bond donors (Lipinski definition) is 3. The molecule has 1 spiro atoms. The SMILES string of the molecule is CCOc1ncccc1-c1ccc(OC2CC3(C2)CN(c2ccc(Cl)cc2C#N)C3)c(C(=O)N[C@@H]2CCNC2)n1.O=CO. The van der Waals surface area contributed by atoms with Gasteiger partial charge in [-0.05, 0) is 75.2 Å². The van der Waals surface area contributed by atoms with E-state index < -0.39 is 0 Å². The van der Waals surface area contributed by atoms with Crippen molar-refractivity contribution in [3.05, 3.63) is 64.9 Å². The summed E-state index contributed by atoms with van der Waals surface area (Å²) in [5, 5.41) is 23.3. The molecular weight excluding hydrogens is 572 g/mol. The van der Waals surface area contributed by atoms with Crippen LogP contribution >= 0.6 is 11.6 Å². The number of aromatic nitrogens is 2. The van der Waals surface area contributed by atoms with Gasteiger partial charge in [0.05, 0.1) is 29.1 Å². The second-order valence-corrected chi connectivity index (χ2v) is 11.3. The van der Waals surface area contributed by atoms with Gasteiger partial charge < -0.3 is 30.1 Å². The van der Waals surface area contributed by atoms with Crippen molar-refractivity contribution in [2.45, 2.75) is 38.3 Å². The third kappa shape index (κ3) is 6.66. The summed E-state index contributed by atoms with van der Waals surface area (Å²) in [7, 11) is 0. The Morgan fingerprint density at radius 3 is 2.79 bits per heavy atom. The number of carbonyl (C=O) groups excluding carboxylic acids is 1. The molecule has 0 bridgehead atoms. The van der Waals surface area contributed by atoms with E-state index >= 15 is 0 Å². The zero-order chi connectivity index (χ0) is 30.4. The highest BCUT2D eigenvalue weighted by molar-refractivity contribution is 6.30. The van der Waals surface area contributed by atoms with Crippen LogP contribution < -0.4 is 25.0 Å². The van der Waals surface area contributed by atoms with Gasteiger partial charge in [0.15, 0.2) is 11.4 Å². The van der Waals surface area contributed by atoms with Crippen molar-refractivity contribution >= 4 is 29.7 Å². The van der Waals surface area contributed by atoms with E-state index in [2.05, 4.69) is 26.6 Å². The maximum Gasteiger partial charge on any atom is 0.290 e. The van der Waals surface area contributed by atoms with Gasteiger partial charge in [-0.3, -0.25) is 9.59 Å². The minimum absolute atomic E-state index is 0.00692. The van der Waals surface area contributed by atoms with Gasteiger partial charge in [-0.15, -0.1) is 0 Å². The van der Waals surface area contributed by atoms with E-state index in [1.165, 1.54) is 0 Å². The number of pyridine rings is 2. The molecule has 1 aliphatic carbocycles. The number of amides is 1. The molecule has 3 aliphatic rings. The molecule has 1 aromatic carbocycles. The maximum absolute atomic E-state index is 13.4. The Kier molecular flexibility index (Phi) is 9.28. The van der Waals surface area contributed by atoms with Gasteiger partial charge in [-0.25, -0.2) is 9.97 Å². The Labute approximate surface area is 254 Å². The van der Waals surface area contributed by atoms with Crippen molar-refractivity contribution in [2.75, 3.05) is 37.7 Å².